The van der Waals surface area contributed by atoms with Crippen molar-refractivity contribution in [2.24, 2.45) is 0 Å². The maximum atomic E-state index is 13.3. The Morgan fingerprint density at radius 3 is 2.56 bits per heavy atom. The lowest BCUT2D eigenvalue weighted by molar-refractivity contribution is 0.0488. The zero-order chi connectivity index (χ0) is 22.2. The molecule has 8 heteroatoms. The van der Waals surface area contributed by atoms with Crippen LogP contribution in [-0.2, 0) is 0 Å². The van der Waals surface area contributed by atoms with Crippen molar-refractivity contribution in [2.45, 2.75) is 6.17 Å². The molecule has 0 bridgehead atoms. The van der Waals surface area contributed by atoms with Gasteiger partial charge in [0.25, 0.3) is 11.8 Å². The van der Waals surface area contributed by atoms with E-state index in [1.165, 1.54) is 6.26 Å². The molecule has 0 fully saturated rings. The molecule has 7 nitrogen and oxygen atoms in total. The first-order valence-electron chi connectivity index (χ1n) is 9.79. The van der Waals surface area contributed by atoms with Crippen molar-refractivity contribution in [3.8, 4) is 0 Å². The van der Waals surface area contributed by atoms with Gasteiger partial charge in [0.15, 0.2) is 11.6 Å². The minimum atomic E-state index is -0.968. The largest absolute Gasteiger partial charge is 0.464 e. The first kappa shape index (κ1) is 20.0. The van der Waals surface area contributed by atoms with Crippen LogP contribution in [0.4, 0.5) is 5.69 Å². The molecule has 2 N–H and O–H groups in total. The molecule has 0 saturated heterocycles. The summed E-state index contributed by atoms with van der Waals surface area (Å²) in [4.78, 5) is 39.5. The van der Waals surface area contributed by atoms with E-state index in [0.717, 1.165) is 9.48 Å². The molecule has 3 aromatic carbocycles. The standard InChI is InChI=1S/C24H16BrN3O4/c25-15-10-11-20-17(12-15)21(29)18(13-32-20)22-26-19-9-5-4-8-16(19)24(31)28(22)27-23(30)14-6-2-1-3-7-14/h1-13,22,26H,(H,27,30). The van der Waals surface area contributed by atoms with Gasteiger partial charge in [-0.05, 0) is 42.5 Å². The Morgan fingerprint density at radius 1 is 1.00 bits per heavy atom. The minimum absolute atomic E-state index is 0.187. The molecule has 1 unspecified atom stereocenters. The topological polar surface area (TPSA) is 91.7 Å². The van der Waals surface area contributed by atoms with Gasteiger partial charge in [-0.15, -0.1) is 0 Å². The highest BCUT2D eigenvalue weighted by molar-refractivity contribution is 9.10. The summed E-state index contributed by atoms with van der Waals surface area (Å²) in [6, 6.07) is 20.6. The Kier molecular flexibility index (Phi) is 4.99. The molecular weight excluding hydrogens is 474 g/mol. The minimum Gasteiger partial charge on any atom is -0.464 e. The lowest BCUT2D eigenvalue weighted by Crippen LogP contribution is -2.53. The Balaban J connectivity index is 1.62. The third kappa shape index (κ3) is 3.44. The number of hydrogen-bond donors (Lipinski definition) is 2. The molecule has 2 heterocycles. The molecule has 1 aromatic heterocycles. The monoisotopic (exact) mass is 489 g/mol. The van der Waals surface area contributed by atoms with Crippen molar-refractivity contribution in [1.29, 1.82) is 0 Å². The second-order valence-electron chi connectivity index (χ2n) is 7.24. The van der Waals surface area contributed by atoms with Crippen molar-refractivity contribution < 1.29 is 14.0 Å². The molecule has 2 amide bonds. The molecule has 0 spiro atoms. The predicted molar refractivity (Wildman–Crippen MR) is 123 cm³/mol. The van der Waals surface area contributed by atoms with Gasteiger partial charge in [-0.25, -0.2) is 5.01 Å². The number of carbonyl (C=O) groups is 2. The summed E-state index contributed by atoms with van der Waals surface area (Å²) >= 11 is 3.37. The van der Waals surface area contributed by atoms with Crippen molar-refractivity contribution in [3.63, 3.8) is 0 Å². The van der Waals surface area contributed by atoms with Gasteiger partial charge in [0, 0.05) is 15.7 Å². The highest BCUT2D eigenvalue weighted by Crippen LogP contribution is 2.31. The second kappa shape index (κ2) is 7.97. The van der Waals surface area contributed by atoms with Crippen LogP contribution in [-0.4, -0.2) is 16.8 Å². The van der Waals surface area contributed by atoms with Gasteiger partial charge >= 0.3 is 0 Å². The molecule has 1 aliphatic rings. The molecule has 1 atom stereocenters. The maximum absolute atomic E-state index is 13.3. The number of halogens is 1. The lowest BCUT2D eigenvalue weighted by atomic mass is 10.0. The number of nitrogens with one attached hydrogen (secondary N) is 2. The molecule has 0 radical (unpaired) electrons. The number of rotatable bonds is 3. The molecule has 32 heavy (non-hydrogen) atoms. The number of hydrazine groups is 1. The van der Waals surface area contributed by atoms with E-state index in [0.29, 0.717) is 27.8 Å². The molecule has 158 valence electrons. The average Bonchev–Trinajstić information content (AvgIpc) is 2.82. The fourth-order valence-corrected chi connectivity index (χ4v) is 4.02. The predicted octanol–water partition coefficient (Wildman–Crippen LogP) is 4.47. The van der Waals surface area contributed by atoms with E-state index < -0.39 is 18.0 Å². The van der Waals surface area contributed by atoms with Gasteiger partial charge in [-0.1, -0.05) is 46.3 Å². The summed E-state index contributed by atoms with van der Waals surface area (Å²) in [7, 11) is 0. The molecular formula is C24H16BrN3O4. The summed E-state index contributed by atoms with van der Waals surface area (Å²) < 4.78 is 6.41. The number of amides is 2. The Labute approximate surface area is 190 Å². The van der Waals surface area contributed by atoms with Crippen LogP contribution in [0.1, 0.15) is 32.4 Å². The summed E-state index contributed by atoms with van der Waals surface area (Å²) in [5, 5.41) is 4.68. The fourth-order valence-electron chi connectivity index (χ4n) is 3.66. The van der Waals surface area contributed by atoms with Gasteiger partial charge < -0.3 is 9.73 Å². The lowest BCUT2D eigenvalue weighted by Gasteiger charge is -2.37. The molecule has 1 aliphatic heterocycles. The Bertz CT molecular complexity index is 1420. The van der Waals surface area contributed by atoms with E-state index in [4.69, 9.17) is 4.42 Å². The van der Waals surface area contributed by atoms with Gasteiger partial charge in [0.05, 0.1) is 16.5 Å². The van der Waals surface area contributed by atoms with Crippen LogP contribution in [0.2, 0.25) is 0 Å². The van der Waals surface area contributed by atoms with Gasteiger partial charge in [0.2, 0.25) is 0 Å². The van der Waals surface area contributed by atoms with Gasteiger partial charge in [-0.3, -0.25) is 19.8 Å². The van der Waals surface area contributed by atoms with Crippen molar-refractivity contribution in [3.05, 3.63) is 110 Å². The zero-order valence-electron chi connectivity index (χ0n) is 16.5. The third-order valence-corrected chi connectivity index (χ3v) is 5.73. The van der Waals surface area contributed by atoms with Crippen LogP contribution in [0.5, 0.6) is 0 Å². The van der Waals surface area contributed by atoms with Crippen LogP contribution >= 0.6 is 15.9 Å². The summed E-state index contributed by atoms with van der Waals surface area (Å²) in [6.45, 7) is 0. The van der Waals surface area contributed by atoms with E-state index >= 15 is 0 Å². The van der Waals surface area contributed by atoms with Gasteiger partial charge in [0.1, 0.15) is 11.8 Å². The van der Waals surface area contributed by atoms with Crippen molar-refractivity contribution in [2.75, 3.05) is 5.32 Å². The first-order chi connectivity index (χ1) is 15.5. The quantitative estimate of drug-likeness (QED) is 0.443. The second-order valence-corrected chi connectivity index (χ2v) is 8.15. The summed E-state index contributed by atoms with van der Waals surface area (Å²) in [5.74, 6) is -0.916. The number of hydrogen-bond acceptors (Lipinski definition) is 5. The third-order valence-electron chi connectivity index (χ3n) is 5.24. The highest BCUT2D eigenvalue weighted by atomic mass is 79.9. The number of carbonyl (C=O) groups excluding carboxylic acids is 2. The van der Waals surface area contributed by atoms with Crippen LogP contribution < -0.4 is 16.2 Å². The van der Waals surface area contributed by atoms with E-state index in [2.05, 4.69) is 26.7 Å². The summed E-state index contributed by atoms with van der Waals surface area (Å²) in [5.41, 5.74) is 4.27. The molecule has 4 aromatic rings. The van der Waals surface area contributed by atoms with Crippen LogP contribution in [0.3, 0.4) is 0 Å². The molecule has 0 aliphatic carbocycles. The number of anilines is 1. The van der Waals surface area contributed by atoms with E-state index in [1.807, 2.05) is 0 Å². The maximum Gasteiger partial charge on any atom is 0.276 e. The van der Waals surface area contributed by atoms with Crippen LogP contribution in [0.25, 0.3) is 11.0 Å². The fraction of sp³-hybridized carbons (Fsp3) is 0.0417. The zero-order valence-corrected chi connectivity index (χ0v) is 18.1. The highest BCUT2D eigenvalue weighted by Gasteiger charge is 2.36. The SMILES string of the molecule is O=C(NN1C(=O)c2ccccc2NC1c1coc2ccc(Br)cc2c1=O)c1ccccc1. The van der Waals surface area contributed by atoms with Crippen molar-refractivity contribution >= 4 is 44.4 Å². The molecule has 0 saturated carbocycles. The number of para-hydroxylation sites is 1. The summed E-state index contributed by atoms with van der Waals surface area (Å²) in [6.07, 6.45) is 0.351. The van der Waals surface area contributed by atoms with E-state index in [9.17, 15) is 14.4 Å². The number of nitrogens with zero attached hydrogens (tertiary/aromatic N) is 1. The number of fused-ring (bicyclic) bond motifs is 2. The van der Waals surface area contributed by atoms with Crippen LogP contribution in [0.15, 0.2) is 92.7 Å². The van der Waals surface area contributed by atoms with E-state index in [-0.39, 0.29) is 11.0 Å². The number of benzene rings is 3. The normalized spacial score (nSPS) is 15.2. The van der Waals surface area contributed by atoms with Crippen molar-refractivity contribution in [1.82, 2.24) is 10.4 Å². The Morgan fingerprint density at radius 2 is 1.75 bits per heavy atom. The van der Waals surface area contributed by atoms with Gasteiger partial charge in [-0.2, -0.15) is 0 Å². The Hall–Kier alpha value is -3.91. The van der Waals surface area contributed by atoms with E-state index in [1.54, 1.807) is 72.8 Å². The first-order valence-corrected chi connectivity index (χ1v) is 10.6. The molecule has 5 rings (SSSR count). The smallest absolute Gasteiger partial charge is 0.276 e. The average molecular weight is 490 g/mol. The van der Waals surface area contributed by atoms with Crippen LogP contribution in [0, 0.1) is 0 Å².